The van der Waals surface area contributed by atoms with Crippen LogP contribution in [0, 0.1) is 11.6 Å². The lowest BCUT2D eigenvalue weighted by atomic mass is 9.93. The van der Waals surface area contributed by atoms with Crippen molar-refractivity contribution in [3.05, 3.63) is 41.0 Å². The first kappa shape index (κ1) is 19.9. The van der Waals surface area contributed by atoms with Gasteiger partial charge in [0.1, 0.15) is 17.2 Å². The Balaban J connectivity index is 2.40. The zero-order valence-corrected chi connectivity index (χ0v) is 15.4. The number of nitrogens with zero attached hydrogens (tertiary/aromatic N) is 1. The molecule has 0 fully saturated rings. The summed E-state index contributed by atoms with van der Waals surface area (Å²) in [5.41, 5.74) is -0.0123. The molecule has 1 aliphatic rings. The second-order valence-corrected chi connectivity index (χ2v) is 6.95. The number of hydrogen-bond donors (Lipinski definition) is 0. The summed E-state index contributed by atoms with van der Waals surface area (Å²) in [5, 5.41) is 0. The van der Waals surface area contributed by atoms with Gasteiger partial charge in [0.05, 0.1) is 13.2 Å². The molecule has 0 aromatic heterocycles. The van der Waals surface area contributed by atoms with Crippen LogP contribution in [0.5, 0.6) is 0 Å². The number of amides is 1. The molecule has 0 spiro atoms. The predicted octanol–water partition coefficient (Wildman–Crippen LogP) is 3.92. The molecule has 1 heterocycles. The van der Waals surface area contributed by atoms with Crippen molar-refractivity contribution in [2.45, 2.75) is 39.7 Å². The Hall–Kier alpha value is -2.44. The topological polar surface area (TPSA) is 55.8 Å². The van der Waals surface area contributed by atoms with Crippen molar-refractivity contribution >= 4 is 17.6 Å². The third kappa shape index (κ3) is 4.80. The van der Waals surface area contributed by atoms with Crippen LogP contribution in [-0.4, -0.2) is 42.3 Å². The van der Waals surface area contributed by atoms with Gasteiger partial charge >= 0.3 is 12.1 Å². The van der Waals surface area contributed by atoms with Crippen LogP contribution in [0.3, 0.4) is 0 Å². The van der Waals surface area contributed by atoms with Gasteiger partial charge in [-0.05, 0) is 51.8 Å². The summed E-state index contributed by atoms with van der Waals surface area (Å²) >= 11 is 0. The molecule has 2 rings (SSSR count). The number of carbonyl (C=O) groups excluding carboxylic acids is 2. The molecule has 7 heteroatoms. The van der Waals surface area contributed by atoms with Crippen LogP contribution in [0.2, 0.25) is 0 Å². The van der Waals surface area contributed by atoms with Crippen LogP contribution in [-0.2, 0) is 14.3 Å². The molecule has 0 atom stereocenters. The monoisotopic (exact) mass is 367 g/mol. The van der Waals surface area contributed by atoms with E-state index in [1.54, 1.807) is 27.7 Å². The fourth-order valence-corrected chi connectivity index (χ4v) is 2.67. The molecule has 0 saturated carbocycles. The molecule has 1 aromatic rings. The van der Waals surface area contributed by atoms with Crippen LogP contribution in [0.1, 0.15) is 39.7 Å². The summed E-state index contributed by atoms with van der Waals surface area (Å²) in [6, 6.07) is 3.12. The highest BCUT2D eigenvalue weighted by Gasteiger charge is 2.31. The summed E-state index contributed by atoms with van der Waals surface area (Å²) in [6.45, 7) is 7.31. The van der Waals surface area contributed by atoms with Crippen molar-refractivity contribution in [2.75, 3.05) is 19.7 Å². The second kappa shape index (κ2) is 7.85. The van der Waals surface area contributed by atoms with Gasteiger partial charge in [-0.25, -0.2) is 18.4 Å². The lowest BCUT2D eigenvalue weighted by Crippen LogP contribution is -2.41. The fourth-order valence-electron chi connectivity index (χ4n) is 2.67. The van der Waals surface area contributed by atoms with Crippen molar-refractivity contribution < 1.29 is 27.8 Å². The zero-order chi connectivity index (χ0) is 19.5. The van der Waals surface area contributed by atoms with E-state index in [0.29, 0.717) is 5.57 Å². The molecule has 0 N–H and O–H groups in total. The standard InChI is InChI=1S/C19H23F2NO4/c1-5-25-17(23)14-8-9-22(18(24)26-19(2,3)4)11-15(14)13-7-6-12(20)10-16(13)21/h6-7,10H,5,8-9,11H2,1-4H3. The highest BCUT2D eigenvalue weighted by molar-refractivity contribution is 5.99. The Bertz CT molecular complexity index is 738. The third-order valence-electron chi connectivity index (χ3n) is 3.77. The van der Waals surface area contributed by atoms with Gasteiger partial charge in [-0.15, -0.1) is 0 Å². The van der Waals surface area contributed by atoms with Crippen molar-refractivity contribution in [1.29, 1.82) is 0 Å². The maximum absolute atomic E-state index is 14.3. The number of rotatable bonds is 3. The lowest BCUT2D eigenvalue weighted by molar-refractivity contribution is -0.138. The minimum absolute atomic E-state index is 0.0222. The second-order valence-electron chi connectivity index (χ2n) is 6.95. The Morgan fingerprint density at radius 3 is 2.50 bits per heavy atom. The molecule has 0 saturated heterocycles. The Labute approximate surface area is 151 Å². The van der Waals surface area contributed by atoms with Gasteiger partial charge in [0.15, 0.2) is 0 Å². The molecule has 0 unspecified atom stereocenters. The maximum Gasteiger partial charge on any atom is 0.410 e. The van der Waals surface area contributed by atoms with E-state index in [0.717, 1.165) is 12.1 Å². The van der Waals surface area contributed by atoms with Gasteiger partial charge in [-0.1, -0.05) is 0 Å². The summed E-state index contributed by atoms with van der Waals surface area (Å²) in [4.78, 5) is 26.0. The van der Waals surface area contributed by atoms with E-state index in [1.807, 2.05) is 0 Å². The van der Waals surface area contributed by atoms with E-state index in [4.69, 9.17) is 9.47 Å². The van der Waals surface area contributed by atoms with Crippen LogP contribution < -0.4 is 0 Å². The van der Waals surface area contributed by atoms with Crippen molar-refractivity contribution in [3.8, 4) is 0 Å². The van der Waals surface area contributed by atoms with Crippen LogP contribution >= 0.6 is 0 Å². The highest BCUT2D eigenvalue weighted by Crippen LogP contribution is 2.30. The Kier molecular flexibility index (Phi) is 6.00. The molecular weight excluding hydrogens is 344 g/mol. The molecule has 5 nitrogen and oxygen atoms in total. The average molecular weight is 367 g/mol. The van der Waals surface area contributed by atoms with Crippen LogP contribution in [0.25, 0.3) is 5.57 Å². The highest BCUT2D eigenvalue weighted by atomic mass is 19.1. The summed E-state index contributed by atoms with van der Waals surface area (Å²) in [5.74, 6) is -2.08. The van der Waals surface area contributed by atoms with Gasteiger partial charge in [0.2, 0.25) is 0 Å². The molecule has 142 valence electrons. The van der Waals surface area contributed by atoms with E-state index in [1.165, 1.54) is 11.0 Å². The number of hydrogen-bond acceptors (Lipinski definition) is 4. The van der Waals surface area contributed by atoms with E-state index < -0.39 is 29.3 Å². The largest absolute Gasteiger partial charge is 0.463 e. The van der Waals surface area contributed by atoms with Gasteiger partial charge in [-0.2, -0.15) is 0 Å². The van der Waals surface area contributed by atoms with Gasteiger partial charge in [0, 0.05) is 23.7 Å². The number of esters is 1. The van der Waals surface area contributed by atoms with Crippen molar-refractivity contribution in [2.24, 2.45) is 0 Å². The molecule has 26 heavy (non-hydrogen) atoms. The van der Waals surface area contributed by atoms with E-state index in [-0.39, 0.29) is 37.3 Å². The maximum atomic E-state index is 14.3. The first-order chi connectivity index (χ1) is 12.1. The average Bonchev–Trinajstić information content (AvgIpc) is 2.53. The minimum atomic E-state index is -0.798. The number of carbonyl (C=O) groups is 2. The summed E-state index contributed by atoms with van der Waals surface area (Å²) < 4.78 is 37.9. The quantitative estimate of drug-likeness (QED) is 0.760. The first-order valence-electron chi connectivity index (χ1n) is 8.45. The van der Waals surface area contributed by atoms with Gasteiger partial charge in [0.25, 0.3) is 0 Å². The summed E-state index contributed by atoms with van der Waals surface area (Å²) in [7, 11) is 0. The molecule has 1 aliphatic heterocycles. The van der Waals surface area contributed by atoms with E-state index >= 15 is 0 Å². The first-order valence-corrected chi connectivity index (χ1v) is 8.45. The zero-order valence-electron chi connectivity index (χ0n) is 15.4. The minimum Gasteiger partial charge on any atom is -0.463 e. The number of halogens is 2. The van der Waals surface area contributed by atoms with Gasteiger partial charge in [-0.3, -0.25) is 0 Å². The lowest BCUT2D eigenvalue weighted by Gasteiger charge is -2.32. The molecule has 0 radical (unpaired) electrons. The summed E-state index contributed by atoms with van der Waals surface area (Å²) in [6.07, 6.45) is -0.357. The molecule has 1 aromatic carbocycles. The Morgan fingerprint density at radius 1 is 1.23 bits per heavy atom. The molecule has 0 bridgehead atoms. The van der Waals surface area contributed by atoms with Crippen molar-refractivity contribution in [3.63, 3.8) is 0 Å². The molecule has 0 aliphatic carbocycles. The molecule has 1 amide bonds. The molecular formula is C19H23F2NO4. The predicted molar refractivity (Wildman–Crippen MR) is 92.3 cm³/mol. The van der Waals surface area contributed by atoms with Crippen LogP contribution in [0.15, 0.2) is 23.8 Å². The van der Waals surface area contributed by atoms with Gasteiger partial charge < -0.3 is 14.4 Å². The Morgan fingerprint density at radius 2 is 1.92 bits per heavy atom. The van der Waals surface area contributed by atoms with Crippen molar-refractivity contribution in [1.82, 2.24) is 4.90 Å². The number of ether oxygens (including phenoxy) is 2. The van der Waals surface area contributed by atoms with Crippen LogP contribution in [0.4, 0.5) is 13.6 Å². The normalized spacial score (nSPS) is 15.1. The third-order valence-corrected chi connectivity index (χ3v) is 3.77. The number of benzene rings is 1. The fraction of sp³-hybridized carbons (Fsp3) is 0.474. The SMILES string of the molecule is CCOC(=O)C1=C(c2ccc(F)cc2F)CN(C(=O)OC(C)(C)C)CC1. The van der Waals surface area contributed by atoms with E-state index in [9.17, 15) is 18.4 Å². The van der Waals surface area contributed by atoms with E-state index in [2.05, 4.69) is 0 Å². The smallest absolute Gasteiger partial charge is 0.410 e.